The molecule has 1 aromatic carbocycles. The van der Waals surface area contributed by atoms with Gasteiger partial charge in [-0.3, -0.25) is 0 Å². The van der Waals surface area contributed by atoms with Crippen molar-refractivity contribution in [1.82, 2.24) is 0 Å². The molecule has 3 nitrogen and oxygen atoms in total. The minimum absolute atomic E-state index is 0.0609. The summed E-state index contributed by atoms with van der Waals surface area (Å²) in [5, 5.41) is 21.5. The number of benzene rings is 1. The number of aliphatic hydroxyl groups is 2. The Morgan fingerprint density at radius 3 is 2.46 bits per heavy atom. The van der Waals surface area contributed by atoms with E-state index in [0.29, 0.717) is 6.61 Å². The minimum atomic E-state index is -0.714. The van der Waals surface area contributed by atoms with Gasteiger partial charge >= 0.3 is 0 Å². The van der Waals surface area contributed by atoms with Crippen LogP contribution in [0.4, 0.5) is 0 Å². The van der Waals surface area contributed by atoms with Crippen molar-refractivity contribution in [2.45, 2.75) is 26.1 Å². The molecule has 0 saturated carbocycles. The van der Waals surface area contributed by atoms with E-state index in [1.807, 2.05) is 68.5 Å². The molecule has 0 radical (unpaired) electrons. The molecular formula is C21H24O3. The summed E-state index contributed by atoms with van der Waals surface area (Å²) in [6, 6.07) is 9.78. The van der Waals surface area contributed by atoms with Gasteiger partial charge in [-0.25, -0.2) is 0 Å². The van der Waals surface area contributed by atoms with Gasteiger partial charge in [-0.2, -0.15) is 0 Å². The van der Waals surface area contributed by atoms with Crippen LogP contribution < -0.4 is 0 Å². The molecule has 126 valence electrons. The Bertz CT molecular complexity index is 697. The van der Waals surface area contributed by atoms with Crippen LogP contribution in [0.15, 0.2) is 72.0 Å². The second-order valence-corrected chi connectivity index (χ2v) is 6.48. The number of hydrogen-bond donors (Lipinski definition) is 2. The summed E-state index contributed by atoms with van der Waals surface area (Å²) in [7, 11) is 0. The number of allylic oxidation sites excluding steroid dienone is 1. The Kier molecular flexibility index (Phi) is 5.03. The van der Waals surface area contributed by atoms with Gasteiger partial charge in [0.15, 0.2) is 0 Å². The SMILES string of the molecule is CC1C=CC2=C(/C=C\CO/C=C(/c3ccccc3)C(O)C2C)C1O. The van der Waals surface area contributed by atoms with Gasteiger partial charge in [-0.05, 0) is 22.8 Å². The van der Waals surface area contributed by atoms with Crippen molar-refractivity contribution in [2.75, 3.05) is 6.61 Å². The van der Waals surface area contributed by atoms with E-state index in [1.165, 1.54) is 0 Å². The Balaban J connectivity index is 2.03. The fourth-order valence-electron chi connectivity index (χ4n) is 3.27. The van der Waals surface area contributed by atoms with Crippen LogP contribution in [0.1, 0.15) is 19.4 Å². The first kappa shape index (κ1) is 16.7. The van der Waals surface area contributed by atoms with Crippen LogP contribution in [-0.2, 0) is 4.74 Å². The summed E-state index contributed by atoms with van der Waals surface area (Å²) in [6.07, 6.45) is 8.26. The zero-order valence-electron chi connectivity index (χ0n) is 14.1. The summed E-state index contributed by atoms with van der Waals surface area (Å²) in [4.78, 5) is 0. The standard InChI is InChI=1S/C21H24O3/c1-14-10-11-17-15(2)21(23)19(16-7-4-3-5-8-16)13-24-12-6-9-18(17)20(14)22/h3-11,13-15,20-23H,12H2,1-2H3/b9-6-,19-13-. The van der Waals surface area contributed by atoms with Crippen LogP contribution in [-0.4, -0.2) is 29.0 Å². The summed E-state index contributed by atoms with van der Waals surface area (Å²) in [5.74, 6) is -0.0954. The second kappa shape index (κ2) is 7.20. The first-order valence-electron chi connectivity index (χ1n) is 8.41. The Hall–Kier alpha value is -2.10. The molecule has 1 aliphatic heterocycles. The molecule has 0 fully saturated rings. The zero-order valence-corrected chi connectivity index (χ0v) is 14.1. The van der Waals surface area contributed by atoms with Crippen molar-refractivity contribution in [3.63, 3.8) is 0 Å². The largest absolute Gasteiger partial charge is 0.497 e. The van der Waals surface area contributed by atoms with Crippen LogP contribution in [0.5, 0.6) is 0 Å². The first-order chi connectivity index (χ1) is 11.6. The highest BCUT2D eigenvalue weighted by Gasteiger charge is 2.29. The molecule has 4 unspecified atom stereocenters. The van der Waals surface area contributed by atoms with E-state index >= 15 is 0 Å². The first-order valence-corrected chi connectivity index (χ1v) is 8.41. The van der Waals surface area contributed by atoms with Gasteiger partial charge in [0.25, 0.3) is 0 Å². The van der Waals surface area contributed by atoms with Crippen molar-refractivity contribution in [2.24, 2.45) is 11.8 Å². The lowest BCUT2D eigenvalue weighted by Crippen LogP contribution is -2.28. The van der Waals surface area contributed by atoms with Gasteiger partial charge in [0.1, 0.15) is 6.61 Å². The fourth-order valence-corrected chi connectivity index (χ4v) is 3.27. The third-order valence-electron chi connectivity index (χ3n) is 4.82. The molecule has 4 atom stereocenters. The zero-order chi connectivity index (χ0) is 17.1. The molecule has 0 amide bonds. The van der Waals surface area contributed by atoms with Gasteiger partial charge in [-0.1, -0.05) is 62.4 Å². The van der Waals surface area contributed by atoms with E-state index < -0.39 is 12.2 Å². The molecule has 1 aliphatic carbocycles. The number of ether oxygens (including phenoxy) is 1. The van der Waals surface area contributed by atoms with Gasteiger partial charge in [0.05, 0.1) is 18.5 Å². The average Bonchev–Trinajstić information content (AvgIpc) is 2.61. The molecule has 3 rings (SSSR count). The van der Waals surface area contributed by atoms with E-state index in [-0.39, 0.29) is 11.8 Å². The van der Waals surface area contributed by atoms with Crippen molar-refractivity contribution in [1.29, 1.82) is 0 Å². The predicted octanol–water partition coefficient (Wildman–Crippen LogP) is 3.47. The Labute approximate surface area is 143 Å². The molecule has 2 N–H and O–H groups in total. The summed E-state index contributed by atoms with van der Waals surface area (Å²) in [6.45, 7) is 4.38. The monoisotopic (exact) mass is 324 g/mol. The molecular weight excluding hydrogens is 300 g/mol. The quantitative estimate of drug-likeness (QED) is 0.831. The topological polar surface area (TPSA) is 49.7 Å². The lowest BCUT2D eigenvalue weighted by atomic mass is 9.79. The van der Waals surface area contributed by atoms with Gasteiger partial charge in [0.2, 0.25) is 0 Å². The third kappa shape index (κ3) is 3.23. The lowest BCUT2D eigenvalue weighted by molar-refractivity contribution is 0.162. The molecule has 0 spiro atoms. The highest BCUT2D eigenvalue weighted by molar-refractivity contribution is 5.69. The smallest absolute Gasteiger partial charge is 0.106 e. The van der Waals surface area contributed by atoms with Crippen molar-refractivity contribution < 1.29 is 14.9 Å². The highest BCUT2D eigenvalue weighted by Crippen LogP contribution is 2.35. The summed E-state index contributed by atoms with van der Waals surface area (Å²) >= 11 is 0. The van der Waals surface area contributed by atoms with E-state index in [2.05, 4.69) is 0 Å². The molecule has 0 bridgehead atoms. The Morgan fingerprint density at radius 1 is 0.958 bits per heavy atom. The lowest BCUT2D eigenvalue weighted by Gasteiger charge is -2.31. The maximum absolute atomic E-state index is 11.0. The second-order valence-electron chi connectivity index (χ2n) is 6.48. The van der Waals surface area contributed by atoms with Crippen LogP contribution in [0.2, 0.25) is 0 Å². The molecule has 0 aromatic heterocycles. The van der Waals surface area contributed by atoms with Crippen molar-refractivity contribution >= 4 is 5.57 Å². The molecule has 2 aliphatic rings. The minimum Gasteiger partial charge on any atom is -0.497 e. The molecule has 1 aromatic rings. The predicted molar refractivity (Wildman–Crippen MR) is 96.0 cm³/mol. The molecule has 0 saturated heterocycles. The summed E-state index contributed by atoms with van der Waals surface area (Å²) in [5.41, 5.74) is 3.55. The average molecular weight is 324 g/mol. The van der Waals surface area contributed by atoms with E-state index in [1.54, 1.807) is 6.26 Å². The maximum atomic E-state index is 11.0. The van der Waals surface area contributed by atoms with Crippen LogP contribution in [0.25, 0.3) is 5.57 Å². The molecule has 24 heavy (non-hydrogen) atoms. The van der Waals surface area contributed by atoms with Crippen molar-refractivity contribution in [3.8, 4) is 0 Å². The number of rotatable bonds is 1. The van der Waals surface area contributed by atoms with Gasteiger partial charge in [-0.15, -0.1) is 0 Å². The molecule has 3 heteroatoms. The number of hydrogen-bond acceptors (Lipinski definition) is 3. The van der Waals surface area contributed by atoms with Crippen LogP contribution in [0, 0.1) is 11.8 Å². The van der Waals surface area contributed by atoms with Gasteiger partial charge < -0.3 is 14.9 Å². The summed E-state index contributed by atoms with van der Waals surface area (Å²) < 4.78 is 5.61. The van der Waals surface area contributed by atoms with Crippen LogP contribution in [0.3, 0.4) is 0 Å². The Morgan fingerprint density at radius 2 is 1.71 bits per heavy atom. The third-order valence-corrected chi connectivity index (χ3v) is 4.82. The highest BCUT2D eigenvalue weighted by atomic mass is 16.5. The van der Waals surface area contributed by atoms with E-state index in [9.17, 15) is 10.2 Å². The van der Waals surface area contributed by atoms with E-state index in [4.69, 9.17) is 4.74 Å². The number of aliphatic hydroxyl groups excluding tert-OH is 2. The fraction of sp³-hybridized carbons (Fsp3) is 0.333. The maximum Gasteiger partial charge on any atom is 0.106 e. The van der Waals surface area contributed by atoms with E-state index in [0.717, 1.165) is 22.3 Å². The normalized spacial score (nSPS) is 33.9. The molecule has 1 heterocycles. The van der Waals surface area contributed by atoms with Gasteiger partial charge in [0, 0.05) is 17.4 Å². The van der Waals surface area contributed by atoms with Crippen molar-refractivity contribution in [3.05, 3.63) is 77.6 Å². The van der Waals surface area contributed by atoms with Crippen LogP contribution >= 0.6 is 0 Å².